The average molecular weight is 467 g/mol. The van der Waals surface area contributed by atoms with Crippen molar-refractivity contribution in [2.75, 3.05) is 6.16 Å². The fraction of sp³-hybridized carbons (Fsp3) is 0.417. The van der Waals surface area contributed by atoms with Crippen molar-refractivity contribution in [1.82, 2.24) is 0 Å². The average Bonchev–Trinajstić information content (AvgIpc) is 2.59. The zero-order valence-electron chi connectivity index (χ0n) is 18.6. The molecule has 2 aromatic carbocycles. The van der Waals surface area contributed by atoms with Gasteiger partial charge in [0, 0.05) is 11.7 Å². The van der Waals surface area contributed by atoms with E-state index < -0.39 is 18.2 Å². The molecule has 0 saturated carbocycles. The van der Waals surface area contributed by atoms with Crippen LogP contribution in [0.5, 0.6) is 0 Å². The summed E-state index contributed by atoms with van der Waals surface area (Å²) in [4.78, 5) is 27.1. The van der Waals surface area contributed by atoms with Crippen molar-refractivity contribution in [3.8, 4) is 0 Å². The van der Waals surface area contributed by atoms with E-state index in [2.05, 4.69) is 20.8 Å². The van der Waals surface area contributed by atoms with Gasteiger partial charge in [0.05, 0.1) is 15.6 Å². The first-order chi connectivity index (χ1) is 13.7. The second-order valence-corrected chi connectivity index (χ2v) is 12.7. The fourth-order valence-electron chi connectivity index (χ4n) is 3.57. The van der Waals surface area contributed by atoms with Crippen molar-refractivity contribution in [3.05, 3.63) is 68.2 Å². The van der Waals surface area contributed by atoms with Gasteiger partial charge in [-0.25, -0.2) is 0 Å². The molecule has 0 aromatic heterocycles. The molecule has 6 heteroatoms. The molecule has 1 atom stereocenters. The number of halogens is 2. The highest BCUT2D eigenvalue weighted by atomic mass is 35.5. The summed E-state index contributed by atoms with van der Waals surface area (Å²) in [6, 6.07) is 8.51. The van der Waals surface area contributed by atoms with Crippen molar-refractivity contribution in [2.24, 2.45) is 5.92 Å². The van der Waals surface area contributed by atoms with Crippen LogP contribution in [-0.4, -0.2) is 17.2 Å². The van der Waals surface area contributed by atoms with E-state index in [0.29, 0.717) is 16.7 Å². The molecule has 2 aromatic rings. The van der Waals surface area contributed by atoms with Gasteiger partial charge in [-0.3, -0.25) is 9.59 Å². The molecule has 0 amide bonds. The number of hydrogen-bond acceptors (Lipinski definition) is 3. The second kappa shape index (κ2) is 8.99. The van der Waals surface area contributed by atoms with E-state index in [4.69, 9.17) is 23.2 Å². The lowest BCUT2D eigenvalue weighted by Crippen LogP contribution is -2.19. The monoisotopic (exact) mass is 466 g/mol. The highest BCUT2D eigenvalue weighted by Crippen LogP contribution is 2.55. The number of aryl methyl sites for hydroxylation is 2. The molecule has 0 N–H and O–H groups in total. The van der Waals surface area contributed by atoms with Crippen LogP contribution in [0.1, 0.15) is 72.0 Å². The zero-order chi connectivity index (χ0) is 23.0. The van der Waals surface area contributed by atoms with Crippen LogP contribution in [0.4, 0.5) is 0 Å². The number of rotatable bonds is 6. The number of benzene rings is 2. The van der Waals surface area contributed by atoms with E-state index in [9.17, 15) is 14.2 Å². The largest absolute Gasteiger partial charge is 0.307 e. The molecule has 30 heavy (non-hydrogen) atoms. The summed E-state index contributed by atoms with van der Waals surface area (Å²) in [5, 5.41) is 0.196. The Morgan fingerprint density at radius 3 is 1.77 bits per heavy atom. The normalized spacial score (nSPS) is 13.9. The molecule has 0 aliphatic carbocycles. The van der Waals surface area contributed by atoms with Crippen molar-refractivity contribution in [2.45, 2.75) is 53.9 Å². The lowest BCUT2D eigenvalue weighted by Gasteiger charge is -2.24. The minimum absolute atomic E-state index is 0.0356. The summed E-state index contributed by atoms with van der Waals surface area (Å²) in [6.45, 7) is 13.6. The first kappa shape index (κ1) is 24.9. The van der Waals surface area contributed by atoms with Crippen LogP contribution in [0, 0.1) is 19.8 Å². The summed E-state index contributed by atoms with van der Waals surface area (Å²) < 4.78 is 14.1. The van der Waals surface area contributed by atoms with Crippen LogP contribution in [-0.2, 0) is 9.98 Å². The van der Waals surface area contributed by atoms with E-state index in [1.165, 1.54) is 12.1 Å². The predicted octanol–water partition coefficient (Wildman–Crippen LogP) is 7.91. The van der Waals surface area contributed by atoms with E-state index in [-0.39, 0.29) is 33.1 Å². The predicted molar refractivity (Wildman–Crippen MR) is 127 cm³/mol. The molecule has 0 aliphatic heterocycles. The molecule has 3 nitrogen and oxygen atoms in total. The third-order valence-electron chi connectivity index (χ3n) is 5.07. The van der Waals surface area contributed by atoms with Crippen LogP contribution in [0.2, 0.25) is 10.0 Å². The topological polar surface area (TPSA) is 51.2 Å². The molecule has 0 fully saturated rings. The van der Waals surface area contributed by atoms with Crippen LogP contribution in [0.3, 0.4) is 0 Å². The maximum atomic E-state index is 14.1. The number of carbonyl (C=O) groups is 2. The Labute approximate surface area is 189 Å². The van der Waals surface area contributed by atoms with E-state index in [1.807, 2.05) is 39.8 Å². The van der Waals surface area contributed by atoms with Crippen molar-refractivity contribution >= 4 is 41.4 Å². The van der Waals surface area contributed by atoms with Crippen LogP contribution >= 0.6 is 30.3 Å². The molecule has 0 heterocycles. The van der Waals surface area contributed by atoms with Gasteiger partial charge in [0.15, 0.2) is 0 Å². The highest BCUT2D eigenvalue weighted by molar-refractivity contribution is 7.95. The molecule has 0 aliphatic rings. The van der Waals surface area contributed by atoms with Crippen molar-refractivity contribution in [3.63, 3.8) is 0 Å². The second-order valence-electron chi connectivity index (χ2n) is 9.26. The smallest absolute Gasteiger partial charge is 0.231 e. The first-order valence-electron chi connectivity index (χ1n) is 9.94. The van der Waals surface area contributed by atoms with Gasteiger partial charge in [-0.1, -0.05) is 76.0 Å². The maximum Gasteiger partial charge on any atom is 0.231 e. The van der Waals surface area contributed by atoms with Gasteiger partial charge in [0.2, 0.25) is 18.2 Å². The van der Waals surface area contributed by atoms with Gasteiger partial charge in [-0.05, 0) is 54.0 Å². The summed E-state index contributed by atoms with van der Waals surface area (Å²) in [5.74, 6) is -0.126. The van der Waals surface area contributed by atoms with E-state index in [1.54, 1.807) is 6.07 Å². The number of hydrogen-bond donors (Lipinski definition) is 0. The quantitative estimate of drug-likeness (QED) is 0.406. The molecule has 0 radical (unpaired) electrons. The molecule has 0 spiro atoms. The van der Waals surface area contributed by atoms with Gasteiger partial charge in [-0.2, -0.15) is 0 Å². The zero-order valence-corrected chi connectivity index (χ0v) is 21.0. The molecule has 162 valence electrons. The number of carbonyl (C=O) groups excluding carboxylic acids is 2. The van der Waals surface area contributed by atoms with Crippen molar-refractivity contribution in [1.29, 1.82) is 0 Å². The fourth-order valence-corrected chi connectivity index (χ4v) is 7.13. The Bertz CT molecular complexity index is 1010. The molecule has 0 saturated heterocycles. The lowest BCUT2D eigenvalue weighted by atomic mass is 9.84. The van der Waals surface area contributed by atoms with Crippen LogP contribution in [0.15, 0.2) is 30.3 Å². The Morgan fingerprint density at radius 2 is 1.37 bits per heavy atom. The first-order valence-corrected chi connectivity index (χ1v) is 12.6. The standard InChI is InChI=1S/C24H29Cl2O3P/c1-14(2)13-30(29,23(28)21-18(25)9-8-10-19(21)26)22(27)20-15(3)11-17(12-16(20)4)24(5,6)7/h8-12,14H,13H2,1-7H3. The van der Waals surface area contributed by atoms with E-state index >= 15 is 0 Å². The Balaban J connectivity index is 2.70. The van der Waals surface area contributed by atoms with Crippen LogP contribution in [0.25, 0.3) is 0 Å². The van der Waals surface area contributed by atoms with Gasteiger partial charge in [0.1, 0.15) is 0 Å². The SMILES string of the molecule is Cc1cc(C(C)(C)C)cc(C)c1C(=O)P(=O)(CC(C)C)C(=O)c1c(Cl)cccc1Cl. The Hall–Kier alpha value is -1.41. The minimum Gasteiger partial charge on any atom is -0.307 e. The Morgan fingerprint density at radius 1 is 0.933 bits per heavy atom. The Kier molecular flexibility index (Phi) is 7.45. The third-order valence-corrected chi connectivity index (χ3v) is 8.70. The van der Waals surface area contributed by atoms with Crippen LogP contribution < -0.4 is 0 Å². The van der Waals surface area contributed by atoms with Gasteiger partial charge < -0.3 is 4.57 Å². The molecular formula is C24H29Cl2O3P. The molecule has 0 bridgehead atoms. The summed E-state index contributed by atoms with van der Waals surface area (Å²) in [7, 11) is -4.01. The highest BCUT2D eigenvalue weighted by Gasteiger charge is 2.43. The third kappa shape index (κ3) is 4.90. The molecule has 1 unspecified atom stereocenters. The maximum absolute atomic E-state index is 14.1. The van der Waals surface area contributed by atoms with Gasteiger partial charge in [-0.15, -0.1) is 0 Å². The summed E-state index contributed by atoms with van der Waals surface area (Å²) in [6.07, 6.45) is -0.0356. The van der Waals surface area contributed by atoms with Gasteiger partial charge in [0.25, 0.3) is 0 Å². The van der Waals surface area contributed by atoms with Crippen molar-refractivity contribution < 1.29 is 14.2 Å². The summed E-state index contributed by atoms with van der Waals surface area (Å²) >= 11 is 12.4. The lowest BCUT2D eigenvalue weighted by molar-refractivity contribution is 0.103. The summed E-state index contributed by atoms with van der Waals surface area (Å²) in [5.41, 5.74) is 1.33. The molecular weight excluding hydrogens is 438 g/mol. The van der Waals surface area contributed by atoms with E-state index in [0.717, 1.165) is 5.56 Å². The molecule has 2 rings (SSSR count). The minimum atomic E-state index is -4.01. The van der Waals surface area contributed by atoms with Gasteiger partial charge >= 0.3 is 0 Å².